The largest absolute Gasteiger partial charge is 0.346 e. The van der Waals surface area contributed by atoms with E-state index in [1.54, 1.807) is 6.07 Å². The van der Waals surface area contributed by atoms with Gasteiger partial charge in [-0.05, 0) is 44.2 Å². The maximum Gasteiger partial charge on any atom is 0.323 e. The second-order valence-electron chi connectivity index (χ2n) is 6.13. The molecule has 0 saturated heterocycles. The number of aromatic nitrogens is 3. The fourth-order valence-corrected chi connectivity index (χ4v) is 5.06. The van der Waals surface area contributed by atoms with E-state index in [4.69, 9.17) is 0 Å². The highest BCUT2D eigenvalue weighted by molar-refractivity contribution is 7.89. The number of nitrogens with zero attached hydrogens (tertiary/aromatic N) is 2. The van der Waals surface area contributed by atoms with Crippen LogP contribution in [0.5, 0.6) is 0 Å². The van der Waals surface area contributed by atoms with Gasteiger partial charge in [-0.2, -0.15) is 4.31 Å². The van der Waals surface area contributed by atoms with Crippen molar-refractivity contribution in [2.24, 2.45) is 0 Å². The van der Waals surface area contributed by atoms with E-state index in [0.29, 0.717) is 24.1 Å². The molecule has 2 aromatic heterocycles. The van der Waals surface area contributed by atoms with Crippen LogP contribution >= 0.6 is 0 Å². The number of aromatic amines is 2. The summed E-state index contributed by atoms with van der Waals surface area (Å²) in [6, 6.07) is 8.41. The van der Waals surface area contributed by atoms with E-state index in [9.17, 15) is 13.2 Å². The average Bonchev–Trinajstić information content (AvgIpc) is 3.09. The topological polar surface area (TPSA) is 91.0 Å². The molecule has 0 radical (unpaired) electrons. The summed E-state index contributed by atoms with van der Waals surface area (Å²) in [7, 11) is -3.64. The smallest absolute Gasteiger partial charge is 0.323 e. The van der Waals surface area contributed by atoms with Crippen LogP contribution in [0.1, 0.15) is 24.4 Å². The van der Waals surface area contributed by atoms with Crippen molar-refractivity contribution in [3.63, 3.8) is 0 Å². The first-order valence-corrected chi connectivity index (χ1v) is 9.22. The van der Waals surface area contributed by atoms with E-state index in [-0.39, 0.29) is 16.6 Å². The monoisotopic (exact) mass is 346 g/mol. The summed E-state index contributed by atoms with van der Waals surface area (Å²) >= 11 is 0. The number of H-pyrrole nitrogens is 2. The molecule has 24 heavy (non-hydrogen) atoms. The van der Waals surface area contributed by atoms with Crippen molar-refractivity contribution in [3.05, 3.63) is 52.2 Å². The number of imidazole rings is 1. The third-order valence-corrected chi connectivity index (χ3v) is 6.70. The lowest BCUT2D eigenvalue weighted by Gasteiger charge is -2.34. The van der Waals surface area contributed by atoms with Crippen LogP contribution in [0.3, 0.4) is 0 Å². The molecule has 0 spiro atoms. The van der Waals surface area contributed by atoms with Crippen LogP contribution in [0.4, 0.5) is 0 Å². The van der Waals surface area contributed by atoms with Crippen LogP contribution in [-0.2, 0) is 16.6 Å². The van der Waals surface area contributed by atoms with Gasteiger partial charge >= 0.3 is 5.69 Å². The zero-order valence-corrected chi connectivity index (χ0v) is 14.2. The van der Waals surface area contributed by atoms with Crippen LogP contribution in [-0.4, -0.2) is 33.8 Å². The molecule has 4 rings (SSSR count). The summed E-state index contributed by atoms with van der Waals surface area (Å²) in [5.74, 6) is 0. The summed E-state index contributed by atoms with van der Waals surface area (Å²) in [6.45, 7) is 4.99. The third-order valence-electron chi connectivity index (χ3n) is 4.73. The van der Waals surface area contributed by atoms with Gasteiger partial charge in [-0.3, -0.25) is 0 Å². The number of rotatable bonds is 2. The molecule has 3 heterocycles. The second kappa shape index (κ2) is 5.09. The molecule has 1 atom stereocenters. The Balaban J connectivity index is 1.77. The van der Waals surface area contributed by atoms with E-state index in [1.807, 2.05) is 26.0 Å². The number of nitrogens with one attached hydrogen (secondary N) is 2. The highest BCUT2D eigenvalue weighted by Crippen LogP contribution is 2.32. The van der Waals surface area contributed by atoms with Gasteiger partial charge in [0.1, 0.15) is 0 Å². The normalized spacial score (nSPS) is 18.8. The van der Waals surface area contributed by atoms with Gasteiger partial charge in [0.25, 0.3) is 0 Å². The quantitative estimate of drug-likeness (QED) is 0.740. The first kappa shape index (κ1) is 15.2. The molecule has 126 valence electrons. The Bertz CT molecular complexity index is 1090. The fourth-order valence-electron chi connectivity index (χ4n) is 3.44. The van der Waals surface area contributed by atoms with Crippen molar-refractivity contribution in [2.75, 3.05) is 6.54 Å². The van der Waals surface area contributed by atoms with Gasteiger partial charge in [-0.25, -0.2) is 13.2 Å². The zero-order valence-electron chi connectivity index (χ0n) is 13.4. The molecule has 8 heteroatoms. The lowest BCUT2D eigenvalue weighted by Crippen LogP contribution is -2.40. The number of fused-ring (bicyclic) bond motifs is 2. The SMILES string of the molecule is Cc1ccc2n1CCN(S(=O)(=O)c1ccc3[nH]c(=O)[nH]c3c1)[C@H]2C. The van der Waals surface area contributed by atoms with Crippen molar-refractivity contribution < 1.29 is 8.42 Å². The van der Waals surface area contributed by atoms with Crippen LogP contribution in [0.25, 0.3) is 11.0 Å². The standard InChI is InChI=1S/C16H18N4O3S/c1-10-3-6-15-11(2)20(8-7-19(10)15)24(22,23)12-4-5-13-14(9-12)18-16(21)17-13/h3-6,9,11H,7-8H2,1-2H3,(H2,17,18,21)/t11-/m0/s1. The van der Waals surface area contributed by atoms with Gasteiger partial charge in [-0.1, -0.05) is 0 Å². The molecule has 0 unspecified atom stereocenters. The summed E-state index contributed by atoms with van der Waals surface area (Å²) in [5.41, 5.74) is 2.87. The van der Waals surface area contributed by atoms with Crippen LogP contribution in [0.2, 0.25) is 0 Å². The molecule has 0 aliphatic carbocycles. The Morgan fingerprint density at radius 2 is 1.83 bits per heavy atom. The molecule has 7 nitrogen and oxygen atoms in total. The zero-order chi connectivity index (χ0) is 17.1. The average molecular weight is 346 g/mol. The van der Waals surface area contributed by atoms with Gasteiger partial charge in [-0.15, -0.1) is 0 Å². The second-order valence-corrected chi connectivity index (χ2v) is 8.02. The van der Waals surface area contributed by atoms with Crippen LogP contribution in [0, 0.1) is 6.92 Å². The molecule has 1 aliphatic heterocycles. The van der Waals surface area contributed by atoms with Gasteiger partial charge in [0, 0.05) is 24.5 Å². The summed E-state index contributed by atoms with van der Waals surface area (Å²) in [4.78, 5) is 16.8. The predicted molar refractivity (Wildman–Crippen MR) is 90.4 cm³/mol. The fraction of sp³-hybridized carbons (Fsp3) is 0.312. The molecule has 0 fully saturated rings. The minimum absolute atomic E-state index is 0.189. The van der Waals surface area contributed by atoms with E-state index in [1.165, 1.54) is 16.4 Å². The van der Waals surface area contributed by atoms with Crippen molar-refractivity contribution in [1.29, 1.82) is 0 Å². The van der Waals surface area contributed by atoms with E-state index in [2.05, 4.69) is 14.5 Å². The van der Waals surface area contributed by atoms with Gasteiger partial charge in [0.15, 0.2) is 0 Å². The van der Waals surface area contributed by atoms with Crippen molar-refractivity contribution in [1.82, 2.24) is 18.8 Å². The van der Waals surface area contributed by atoms with Gasteiger partial charge < -0.3 is 14.5 Å². The lowest BCUT2D eigenvalue weighted by atomic mass is 10.2. The Labute approximate surface area is 139 Å². The molecular weight excluding hydrogens is 328 g/mol. The van der Waals surface area contributed by atoms with E-state index >= 15 is 0 Å². The highest BCUT2D eigenvalue weighted by Gasteiger charge is 2.34. The number of benzene rings is 1. The molecule has 0 bridgehead atoms. The number of hydrogen-bond acceptors (Lipinski definition) is 3. The Hall–Kier alpha value is -2.32. The van der Waals surface area contributed by atoms with Crippen LogP contribution in [0.15, 0.2) is 40.0 Å². The number of sulfonamides is 1. The minimum atomic E-state index is -3.64. The summed E-state index contributed by atoms with van der Waals surface area (Å²) in [6.07, 6.45) is 0. The number of hydrogen-bond donors (Lipinski definition) is 2. The first-order valence-electron chi connectivity index (χ1n) is 7.78. The van der Waals surface area contributed by atoms with Crippen molar-refractivity contribution in [3.8, 4) is 0 Å². The Morgan fingerprint density at radius 3 is 2.62 bits per heavy atom. The lowest BCUT2D eigenvalue weighted by molar-refractivity contribution is 0.280. The minimum Gasteiger partial charge on any atom is -0.346 e. The van der Waals surface area contributed by atoms with Crippen molar-refractivity contribution in [2.45, 2.75) is 31.3 Å². The summed E-state index contributed by atoms with van der Waals surface area (Å²) < 4.78 is 29.8. The number of aryl methyl sites for hydroxylation is 1. The molecule has 1 aromatic carbocycles. The Morgan fingerprint density at radius 1 is 1.08 bits per heavy atom. The molecule has 3 aromatic rings. The third kappa shape index (κ3) is 2.14. The van der Waals surface area contributed by atoms with Gasteiger partial charge in [0.05, 0.1) is 22.0 Å². The highest BCUT2D eigenvalue weighted by atomic mass is 32.2. The van der Waals surface area contributed by atoms with Crippen molar-refractivity contribution >= 4 is 21.1 Å². The molecular formula is C16H18N4O3S. The molecule has 0 amide bonds. The molecule has 0 saturated carbocycles. The maximum absolute atomic E-state index is 13.1. The van der Waals surface area contributed by atoms with Gasteiger partial charge in [0.2, 0.25) is 10.0 Å². The predicted octanol–water partition coefficient (Wildman–Crippen LogP) is 1.73. The van der Waals surface area contributed by atoms with E-state index < -0.39 is 10.0 Å². The molecule has 1 aliphatic rings. The van der Waals surface area contributed by atoms with Crippen LogP contribution < -0.4 is 5.69 Å². The Kier molecular flexibility index (Phi) is 3.23. The first-order chi connectivity index (χ1) is 11.4. The maximum atomic E-state index is 13.1. The summed E-state index contributed by atoms with van der Waals surface area (Å²) in [5, 5.41) is 0. The van der Waals surface area contributed by atoms with E-state index in [0.717, 1.165) is 11.4 Å². The molecule has 2 N–H and O–H groups in total.